The maximum absolute atomic E-state index is 13.2. The molecular formula is C34H38N8O8. The molecule has 3 aromatic rings. The molecule has 3 N–H and O–H groups in total. The normalized spacial score (nSPS) is 12.1. The Labute approximate surface area is 288 Å². The zero-order valence-electron chi connectivity index (χ0n) is 28.9. The Balaban J connectivity index is 1.75. The summed E-state index contributed by atoms with van der Waals surface area (Å²) in [6.45, 7) is 7.51. The Hall–Kier alpha value is -6.45. The number of amides is 3. The molecule has 262 valence electrons. The standard InChI is InChI=1S/C34H38N8O8/c1-19-14-27(38-34(46)33(21(3)43)42-40-29-16-25(37-23(5)45)10-12-31(29)49-8)20(2)13-26(19)35-18-50-32(17-47-6)41-39-28-15-24(36-22(4)44)9-11-30(28)48-7/h9-18,33H,1-8H3,(H,36,44)(H,37,45)(H,38,46). The summed E-state index contributed by atoms with van der Waals surface area (Å²) < 4.78 is 21.2. The number of anilines is 3. The predicted molar refractivity (Wildman–Crippen MR) is 187 cm³/mol. The number of hydrogen-bond donors (Lipinski definition) is 3. The summed E-state index contributed by atoms with van der Waals surface area (Å²) in [5.74, 6) is -1.05. The summed E-state index contributed by atoms with van der Waals surface area (Å²) in [6.07, 6.45) is 2.37. The fraction of sp³-hybridized carbons (Fsp3) is 0.265. The van der Waals surface area contributed by atoms with Crippen LogP contribution >= 0.6 is 0 Å². The fourth-order valence-corrected chi connectivity index (χ4v) is 4.23. The van der Waals surface area contributed by atoms with Gasteiger partial charge in [-0.3, -0.25) is 19.2 Å². The number of ketones is 1. The van der Waals surface area contributed by atoms with Gasteiger partial charge < -0.3 is 34.9 Å². The second kappa shape index (κ2) is 18.2. The quantitative estimate of drug-likeness (QED) is 0.0507. The zero-order chi connectivity index (χ0) is 36.8. The molecule has 0 aromatic heterocycles. The second-order valence-corrected chi connectivity index (χ2v) is 10.6. The van der Waals surface area contributed by atoms with Crippen molar-refractivity contribution in [2.24, 2.45) is 25.4 Å². The van der Waals surface area contributed by atoms with E-state index in [1.54, 1.807) is 56.3 Å². The maximum Gasteiger partial charge on any atom is 0.274 e. The lowest BCUT2D eigenvalue weighted by molar-refractivity contribution is -0.126. The fourth-order valence-electron chi connectivity index (χ4n) is 4.23. The number of methoxy groups -OCH3 is 3. The Morgan fingerprint density at radius 2 is 1.30 bits per heavy atom. The smallest absolute Gasteiger partial charge is 0.274 e. The van der Waals surface area contributed by atoms with Crippen molar-refractivity contribution in [2.45, 2.75) is 40.7 Å². The molecule has 16 nitrogen and oxygen atoms in total. The number of carbonyl (C=O) groups excluding carboxylic acids is 4. The van der Waals surface area contributed by atoms with Crippen molar-refractivity contribution < 1.29 is 38.1 Å². The Morgan fingerprint density at radius 1 is 0.720 bits per heavy atom. The van der Waals surface area contributed by atoms with Gasteiger partial charge >= 0.3 is 0 Å². The Morgan fingerprint density at radius 3 is 1.82 bits per heavy atom. The van der Waals surface area contributed by atoms with Crippen LogP contribution in [0.25, 0.3) is 0 Å². The molecular weight excluding hydrogens is 648 g/mol. The van der Waals surface area contributed by atoms with E-state index in [1.165, 1.54) is 54.4 Å². The minimum atomic E-state index is -1.46. The van der Waals surface area contributed by atoms with Gasteiger partial charge in [0.1, 0.15) is 29.1 Å². The molecule has 3 amide bonds. The van der Waals surface area contributed by atoms with Gasteiger partial charge in [-0.1, -0.05) is 0 Å². The molecule has 1 unspecified atom stereocenters. The summed E-state index contributed by atoms with van der Waals surface area (Å²) in [4.78, 5) is 52.9. The van der Waals surface area contributed by atoms with E-state index in [-0.39, 0.29) is 23.4 Å². The van der Waals surface area contributed by atoms with Crippen LogP contribution in [0, 0.1) is 13.8 Å². The van der Waals surface area contributed by atoms with Gasteiger partial charge in [-0.25, -0.2) is 4.99 Å². The number of aliphatic imine (C=N–C) groups is 1. The largest absolute Gasteiger partial charge is 0.499 e. The van der Waals surface area contributed by atoms with Crippen molar-refractivity contribution in [3.8, 4) is 11.5 Å². The molecule has 16 heteroatoms. The van der Waals surface area contributed by atoms with Crippen LogP contribution < -0.4 is 25.4 Å². The number of benzene rings is 3. The Kier molecular flexibility index (Phi) is 13.8. The molecule has 0 saturated carbocycles. The van der Waals surface area contributed by atoms with Crippen molar-refractivity contribution in [1.29, 1.82) is 0 Å². The van der Waals surface area contributed by atoms with Crippen molar-refractivity contribution in [3.63, 3.8) is 0 Å². The van der Waals surface area contributed by atoms with Crippen molar-refractivity contribution in [3.05, 3.63) is 71.8 Å². The van der Waals surface area contributed by atoms with Gasteiger partial charge in [0.15, 0.2) is 12.2 Å². The van der Waals surface area contributed by atoms with Crippen LogP contribution in [0.4, 0.5) is 34.1 Å². The highest BCUT2D eigenvalue weighted by atomic mass is 16.5. The highest BCUT2D eigenvalue weighted by Crippen LogP contribution is 2.33. The summed E-state index contributed by atoms with van der Waals surface area (Å²) in [5.41, 5.74) is 3.76. The van der Waals surface area contributed by atoms with Crippen molar-refractivity contribution >= 4 is 64.0 Å². The number of Topliss-reactive ketones (excluding diaryl/α,β-unsaturated/α-hetero) is 1. The van der Waals surface area contributed by atoms with E-state index in [4.69, 9.17) is 18.9 Å². The average Bonchev–Trinajstić information content (AvgIpc) is 3.05. The number of azo groups is 2. The number of carbonyl (C=O) groups is 4. The van der Waals surface area contributed by atoms with E-state index in [9.17, 15) is 19.2 Å². The number of nitrogens with one attached hydrogen (secondary N) is 3. The molecule has 0 heterocycles. The number of hydrogen-bond acceptors (Lipinski definition) is 13. The molecule has 1 atom stereocenters. The lowest BCUT2D eigenvalue weighted by Crippen LogP contribution is -2.32. The van der Waals surface area contributed by atoms with Gasteiger partial charge in [-0.05, 0) is 80.4 Å². The molecule has 0 saturated heterocycles. The van der Waals surface area contributed by atoms with Gasteiger partial charge in [0, 0.05) is 30.9 Å². The lowest BCUT2D eigenvalue weighted by atomic mass is 10.1. The molecule has 0 spiro atoms. The van der Waals surface area contributed by atoms with Crippen LogP contribution in [0.3, 0.4) is 0 Å². The van der Waals surface area contributed by atoms with Gasteiger partial charge in [0.2, 0.25) is 17.9 Å². The second-order valence-electron chi connectivity index (χ2n) is 10.6. The third kappa shape index (κ3) is 11.1. The van der Waals surface area contributed by atoms with Crippen LogP contribution in [0.15, 0.2) is 86.1 Å². The summed E-state index contributed by atoms with van der Waals surface area (Å²) in [6, 6.07) is 11.5. The molecule has 0 fully saturated rings. The van der Waals surface area contributed by atoms with E-state index in [0.29, 0.717) is 51.1 Å². The first-order valence-corrected chi connectivity index (χ1v) is 14.9. The average molecular weight is 687 g/mol. The first-order chi connectivity index (χ1) is 23.8. The van der Waals surface area contributed by atoms with Gasteiger partial charge in [-0.15, -0.1) is 10.2 Å². The Bertz CT molecular complexity index is 1870. The number of aryl methyl sites for hydroxylation is 2. The minimum Gasteiger partial charge on any atom is -0.499 e. The number of ether oxygens (including phenoxy) is 4. The van der Waals surface area contributed by atoms with E-state index in [2.05, 4.69) is 41.4 Å². The van der Waals surface area contributed by atoms with Crippen LogP contribution in [-0.4, -0.2) is 57.3 Å². The van der Waals surface area contributed by atoms with E-state index in [0.717, 1.165) is 6.40 Å². The number of rotatable bonds is 15. The summed E-state index contributed by atoms with van der Waals surface area (Å²) in [7, 11) is 4.32. The van der Waals surface area contributed by atoms with E-state index < -0.39 is 17.7 Å². The SMILES string of the molecule is COC=C(N=Nc1cc(NC(C)=O)ccc1OC)OC=Nc1cc(C)c(NC(=O)C(N=Nc2cc(NC(C)=O)ccc2OC)C(C)=O)cc1C. The molecule has 3 aromatic carbocycles. The molecule has 3 rings (SSSR count). The van der Waals surface area contributed by atoms with E-state index >= 15 is 0 Å². The first kappa shape index (κ1) is 38.0. The molecule has 0 radical (unpaired) electrons. The third-order valence-corrected chi connectivity index (χ3v) is 6.55. The van der Waals surface area contributed by atoms with Crippen LogP contribution in [0.1, 0.15) is 31.9 Å². The summed E-state index contributed by atoms with van der Waals surface area (Å²) >= 11 is 0. The van der Waals surface area contributed by atoms with Crippen LogP contribution in [0.5, 0.6) is 11.5 Å². The van der Waals surface area contributed by atoms with E-state index in [1.807, 2.05) is 0 Å². The molecule has 0 aliphatic rings. The first-order valence-electron chi connectivity index (χ1n) is 14.9. The highest BCUT2D eigenvalue weighted by Gasteiger charge is 2.24. The summed E-state index contributed by atoms with van der Waals surface area (Å²) in [5, 5.41) is 24.3. The maximum atomic E-state index is 13.2. The van der Waals surface area contributed by atoms with Gasteiger partial charge in [-0.2, -0.15) is 10.2 Å². The van der Waals surface area contributed by atoms with Gasteiger partial charge in [0.05, 0.1) is 27.0 Å². The lowest BCUT2D eigenvalue weighted by Gasteiger charge is -2.14. The van der Waals surface area contributed by atoms with Crippen LogP contribution in [0.2, 0.25) is 0 Å². The highest BCUT2D eigenvalue weighted by molar-refractivity contribution is 6.10. The van der Waals surface area contributed by atoms with Crippen LogP contribution in [-0.2, 0) is 28.7 Å². The van der Waals surface area contributed by atoms with Gasteiger partial charge in [0.25, 0.3) is 11.8 Å². The minimum absolute atomic E-state index is 0.0367. The third-order valence-electron chi connectivity index (χ3n) is 6.55. The molecule has 0 aliphatic heterocycles. The number of nitrogens with zero attached hydrogens (tertiary/aromatic N) is 5. The topological polar surface area (TPSA) is 203 Å². The molecule has 0 bridgehead atoms. The van der Waals surface area contributed by atoms with Crippen molar-refractivity contribution in [1.82, 2.24) is 0 Å². The molecule has 0 aliphatic carbocycles. The zero-order valence-corrected chi connectivity index (χ0v) is 28.9. The van der Waals surface area contributed by atoms with Crippen molar-refractivity contribution in [2.75, 3.05) is 37.3 Å². The predicted octanol–water partition coefficient (Wildman–Crippen LogP) is 6.82. The monoisotopic (exact) mass is 686 g/mol. The molecule has 50 heavy (non-hydrogen) atoms.